The average Bonchev–Trinajstić information content (AvgIpc) is 3.36. The molecule has 3 aromatic carbocycles. The number of hydrogen-bond donors (Lipinski definition) is 3. The van der Waals surface area contributed by atoms with Crippen LogP contribution in [0, 0.1) is 0 Å². The first-order valence-electron chi connectivity index (χ1n) is 11.1. The van der Waals surface area contributed by atoms with Crippen LogP contribution in [0.25, 0.3) is 11.3 Å². The lowest BCUT2D eigenvalue weighted by Crippen LogP contribution is -2.19. The van der Waals surface area contributed by atoms with E-state index in [1.807, 2.05) is 78.2 Å². The molecule has 0 saturated heterocycles. The Kier molecular flexibility index (Phi) is 8.48. The van der Waals surface area contributed by atoms with E-state index in [2.05, 4.69) is 15.6 Å². The van der Waals surface area contributed by atoms with Crippen molar-refractivity contribution in [2.24, 2.45) is 0 Å². The summed E-state index contributed by atoms with van der Waals surface area (Å²) in [5.41, 5.74) is 3.21. The number of thiazole rings is 1. The van der Waals surface area contributed by atoms with Crippen molar-refractivity contribution in [3.63, 3.8) is 0 Å². The van der Waals surface area contributed by atoms with Crippen LogP contribution in [-0.4, -0.2) is 27.9 Å². The predicted octanol–water partition coefficient (Wildman–Crippen LogP) is 6.09. The number of nitrogens with zero attached hydrogens (tertiary/aromatic N) is 1. The highest BCUT2D eigenvalue weighted by molar-refractivity contribution is 8.00. The molecule has 7 nitrogen and oxygen atoms in total. The minimum absolute atomic E-state index is 0.0924. The Balaban J connectivity index is 1.45. The van der Waals surface area contributed by atoms with E-state index in [1.165, 1.54) is 23.1 Å². The fourth-order valence-electron chi connectivity index (χ4n) is 3.34. The number of rotatable bonds is 10. The maximum absolute atomic E-state index is 13.3. The number of carbonyl (C=O) groups excluding carboxylic acids is 2. The van der Waals surface area contributed by atoms with E-state index in [0.29, 0.717) is 10.8 Å². The fraction of sp³-hybridized carbons (Fsp3) is 0.111. The summed E-state index contributed by atoms with van der Waals surface area (Å²) in [5.74, 6) is -1.57. The standard InChI is InChI=1S/C27H23N3O4S2/c31-23(15-16-24(32)33)28-20-11-13-21(14-12-20)36-25(19-9-5-2-6-10-19)26(34)30-27-29-22(17-35-27)18-7-3-1-4-8-18/h1-14,17,25H,15-16H2,(H,28,31)(H,32,33)(H,29,30,34). The molecule has 4 aromatic rings. The molecule has 0 fully saturated rings. The summed E-state index contributed by atoms with van der Waals surface area (Å²) < 4.78 is 0. The molecule has 36 heavy (non-hydrogen) atoms. The molecule has 1 heterocycles. The second kappa shape index (κ2) is 12.1. The molecule has 0 radical (unpaired) electrons. The van der Waals surface area contributed by atoms with Crippen molar-refractivity contribution in [2.45, 2.75) is 23.0 Å². The maximum Gasteiger partial charge on any atom is 0.303 e. The highest BCUT2D eigenvalue weighted by atomic mass is 32.2. The van der Waals surface area contributed by atoms with Gasteiger partial charge in [-0.2, -0.15) is 0 Å². The first-order valence-corrected chi connectivity index (χ1v) is 12.9. The third kappa shape index (κ3) is 7.03. The van der Waals surface area contributed by atoms with Gasteiger partial charge in [-0.15, -0.1) is 23.1 Å². The van der Waals surface area contributed by atoms with Crippen molar-refractivity contribution in [1.29, 1.82) is 0 Å². The van der Waals surface area contributed by atoms with Crippen molar-refractivity contribution in [3.05, 3.63) is 95.9 Å². The van der Waals surface area contributed by atoms with E-state index in [0.717, 1.165) is 21.7 Å². The summed E-state index contributed by atoms with van der Waals surface area (Å²) in [5, 5.41) is 16.3. The number of hydrogen-bond acceptors (Lipinski definition) is 6. The van der Waals surface area contributed by atoms with Gasteiger partial charge in [0.25, 0.3) is 0 Å². The van der Waals surface area contributed by atoms with E-state index in [9.17, 15) is 14.4 Å². The lowest BCUT2D eigenvalue weighted by Gasteiger charge is -2.16. The number of nitrogens with one attached hydrogen (secondary N) is 2. The second-order valence-electron chi connectivity index (χ2n) is 7.77. The average molecular weight is 518 g/mol. The molecular weight excluding hydrogens is 494 g/mol. The lowest BCUT2D eigenvalue weighted by atomic mass is 10.1. The van der Waals surface area contributed by atoms with Gasteiger partial charge < -0.3 is 15.7 Å². The number of carboxylic acids is 1. The van der Waals surface area contributed by atoms with Crippen LogP contribution in [0.2, 0.25) is 0 Å². The highest BCUT2D eigenvalue weighted by Crippen LogP contribution is 2.37. The van der Waals surface area contributed by atoms with Gasteiger partial charge in [0.15, 0.2) is 5.13 Å². The van der Waals surface area contributed by atoms with E-state index in [1.54, 1.807) is 12.1 Å². The minimum Gasteiger partial charge on any atom is -0.481 e. The third-order valence-corrected chi connectivity index (χ3v) is 7.13. The van der Waals surface area contributed by atoms with E-state index in [-0.39, 0.29) is 24.7 Å². The first-order chi connectivity index (χ1) is 17.5. The Bertz CT molecular complexity index is 1330. The topological polar surface area (TPSA) is 108 Å². The summed E-state index contributed by atoms with van der Waals surface area (Å²) in [6, 6.07) is 26.4. The number of aromatic nitrogens is 1. The summed E-state index contributed by atoms with van der Waals surface area (Å²) in [4.78, 5) is 41.3. The molecule has 0 aliphatic heterocycles. The molecule has 182 valence electrons. The molecule has 0 spiro atoms. The van der Waals surface area contributed by atoms with Gasteiger partial charge >= 0.3 is 5.97 Å². The molecule has 3 N–H and O–H groups in total. The van der Waals surface area contributed by atoms with Crippen molar-refractivity contribution < 1.29 is 19.5 Å². The normalized spacial score (nSPS) is 11.4. The predicted molar refractivity (Wildman–Crippen MR) is 143 cm³/mol. The highest BCUT2D eigenvalue weighted by Gasteiger charge is 2.23. The van der Waals surface area contributed by atoms with Crippen LogP contribution in [0.3, 0.4) is 0 Å². The van der Waals surface area contributed by atoms with E-state index < -0.39 is 11.2 Å². The zero-order valence-corrected chi connectivity index (χ0v) is 20.7. The molecule has 0 aliphatic rings. The van der Waals surface area contributed by atoms with Crippen LogP contribution >= 0.6 is 23.1 Å². The van der Waals surface area contributed by atoms with Crippen LogP contribution < -0.4 is 10.6 Å². The summed E-state index contributed by atoms with van der Waals surface area (Å²) >= 11 is 2.76. The number of carbonyl (C=O) groups is 3. The molecular formula is C27H23N3O4S2. The molecule has 9 heteroatoms. The first kappa shape index (κ1) is 25.2. The molecule has 1 atom stereocenters. The van der Waals surface area contributed by atoms with Gasteiger partial charge in [-0.3, -0.25) is 14.4 Å². The minimum atomic E-state index is -1.02. The van der Waals surface area contributed by atoms with Gasteiger partial charge in [-0.05, 0) is 29.8 Å². The summed E-state index contributed by atoms with van der Waals surface area (Å²) in [6.07, 6.45) is -0.315. The van der Waals surface area contributed by atoms with Gasteiger partial charge in [-0.25, -0.2) is 4.98 Å². The SMILES string of the molecule is O=C(O)CCC(=O)Nc1ccc(SC(C(=O)Nc2nc(-c3ccccc3)cs2)c2ccccc2)cc1. The lowest BCUT2D eigenvalue weighted by molar-refractivity contribution is -0.138. The zero-order chi connectivity index (χ0) is 25.3. The van der Waals surface area contributed by atoms with Gasteiger partial charge in [0.2, 0.25) is 11.8 Å². The smallest absolute Gasteiger partial charge is 0.303 e. The molecule has 1 aromatic heterocycles. The second-order valence-corrected chi connectivity index (χ2v) is 9.80. The molecule has 0 aliphatic carbocycles. The third-order valence-electron chi connectivity index (χ3n) is 5.10. The van der Waals surface area contributed by atoms with Crippen molar-refractivity contribution in [1.82, 2.24) is 4.98 Å². The largest absolute Gasteiger partial charge is 0.481 e. The monoisotopic (exact) mass is 517 g/mol. The van der Waals surface area contributed by atoms with E-state index in [4.69, 9.17) is 5.11 Å². The molecule has 0 bridgehead atoms. The molecule has 2 amide bonds. The molecule has 4 rings (SSSR count). The van der Waals surface area contributed by atoms with Crippen molar-refractivity contribution in [2.75, 3.05) is 10.6 Å². The van der Waals surface area contributed by atoms with Crippen LogP contribution in [0.5, 0.6) is 0 Å². The Labute approximate surface area is 216 Å². The maximum atomic E-state index is 13.3. The number of aliphatic carboxylic acids is 1. The number of anilines is 2. The van der Waals surface area contributed by atoms with Gasteiger partial charge in [0, 0.05) is 27.9 Å². The van der Waals surface area contributed by atoms with Crippen molar-refractivity contribution in [3.8, 4) is 11.3 Å². The summed E-state index contributed by atoms with van der Waals surface area (Å²) in [7, 11) is 0. The zero-order valence-electron chi connectivity index (χ0n) is 19.1. The van der Waals surface area contributed by atoms with Gasteiger partial charge in [0.1, 0.15) is 5.25 Å². The number of thioether (sulfide) groups is 1. The van der Waals surface area contributed by atoms with Gasteiger partial charge in [0.05, 0.1) is 12.1 Å². The number of benzene rings is 3. The quantitative estimate of drug-likeness (QED) is 0.220. The summed E-state index contributed by atoms with van der Waals surface area (Å²) in [6.45, 7) is 0. The van der Waals surface area contributed by atoms with Crippen LogP contribution in [0.15, 0.2) is 95.2 Å². The Hall–Kier alpha value is -3.95. The molecule has 1 unspecified atom stereocenters. The molecule has 0 saturated carbocycles. The van der Waals surface area contributed by atoms with E-state index >= 15 is 0 Å². The Morgan fingerprint density at radius 1 is 0.861 bits per heavy atom. The Morgan fingerprint density at radius 3 is 2.19 bits per heavy atom. The Morgan fingerprint density at radius 2 is 1.53 bits per heavy atom. The van der Waals surface area contributed by atoms with Crippen LogP contribution in [0.1, 0.15) is 23.7 Å². The number of carboxylic acid groups (broad SMARTS) is 1. The fourth-order valence-corrected chi connectivity index (χ4v) is 5.09. The van der Waals surface area contributed by atoms with Crippen LogP contribution in [0.4, 0.5) is 10.8 Å². The van der Waals surface area contributed by atoms with Gasteiger partial charge in [-0.1, -0.05) is 60.7 Å². The number of amides is 2. The van der Waals surface area contributed by atoms with Crippen LogP contribution in [-0.2, 0) is 14.4 Å². The van der Waals surface area contributed by atoms with Crippen molar-refractivity contribution >= 4 is 51.7 Å².